The summed E-state index contributed by atoms with van der Waals surface area (Å²) >= 11 is 0. The summed E-state index contributed by atoms with van der Waals surface area (Å²) in [6.07, 6.45) is 0.399. The van der Waals surface area contributed by atoms with Gasteiger partial charge in [-0.1, -0.05) is 18.2 Å². The Morgan fingerprint density at radius 1 is 0.943 bits per heavy atom. The number of aromatic amines is 1. The van der Waals surface area contributed by atoms with E-state index in [4.69, 9.17) is 19.3 Å². The van der Waals surface area contributed by atoms with E-state index in [9.17, 15) is 9.90 Å². The van der Waals surface area contributed by atoms with E-state index < -0.39 is 0 Å². The van der Waals surface area contributed by atoms with Gasteiger partial charge in [0, 0.05) is 11.8 Å². The molecule has 178 valence electrons. The van der Waals surface area contributed by atoms with Crippen molar-refractivity contribution in [2.24, 2.45) is 5.10 Å². The highest BCUT2D eigenvalue weighted by atomic mass is 16.5. The lowest BCUT2D eigenvalue weighted by Crippen LogP contribution is -2.19. The summed E-state index contributed by atoms with van der Waals surface area (Å²) in [4.78, 5) is 15.9. The molecule has 0 saturated heterocycles. The van der Waals surface area contributed by atoms with Gasteiger partial charge in [0.25, 0.3) is 5.56 Å². The van der Waals surface area contributed by atoms with Gasteiger partial charge in [-0.25, -0.2) is 0 Å². The van der Waals surface area contributed by atoms with Crippen molar-refractivity contribution >= 4 is 22.3 Å². The maximum absolute atomic E-state index is 13.0. The summed E-state index contributed by atoms with van der Waals surface area (Å²) in [7, 11) is 4.79. The van der Waals surface area contributed by atoms with Gasteiger partial charge in [0.2, 0.25) is 0 Å². The smallest absolute Gasteiger partial charge is 0.261 e. The van der Waals surface area contributed by atoms with Crippen molar-refractivity contribution in [2.45, 2.75) is 12.5 Å². The Balaban J connectivity index is 1.64. The van der Waals surface area contributed by atoms with E-state index in [2.05, 4.69) is 4.98 Å². The molecule has 1 atom stereocenters. The number of hydrogen-bond acceptors (Lipinski definition) is 7. The lowest BCUT2D eigenvalue weighted by Gasteiger charge is -2.24. The fourth-order valence-corrected chi connectivity index (χ4v) is 4.45. The van der Waals surface area contributed by atoms with E-state index in [0.717, 1.165) is 17.0 Å². The zero-order chi connectivity index (χ0) is 24.5. The highest BCUT2D eigenvalue weighted by Crippen LogP contribution is 2.41. The summed E-state index contributed by atoms with van der Waals surface area (Å²) in [5.41, 5.74) is 2.59. The van der Waals surface area contributed by atoms with Gasteiger partial charge < -0.3 is 24.3 Å². The summed E-state index contributed by atoms with van der Waals surface area (Å²) in [6, 6.07) is 20.1. The number of fused-ring (bicyclic) bond motifs is 1. The molecule has 0 aliphatic carbocycles. The highest BCUT2D eigenvalue weighted by Gasteiger charge is 2.33. The number of nitrogens with one attached hydrogen (secondary N) is 1. The third-order valence-corrected chi connectivity index (χ3v) is 6.22. The average molecular weight is 472 g/mol. The van der Waals surface area contributed by atoms with Crippen LogP contribution in [0.2, 0.25) is 0 Å². The van der Waals surface area contributed by atoms with Crippen molar-refractivity contribution in [2.75, 3.05) is 26.3 Å². The Kier molecular flexibility index (Phi) is 5.78. The van der Waals surface area contributed by atoms with Crippen LogP contribution in [0.15, 0.2) is 76.6 Å². The van der Waals surface area contributed by atoms with Crippen molar-refractivity contribution in [1.29, 1.82) is 0 Å². The monoisotopic (exact) mass is 471 g/mol. The maximum atomic E-state index is 13.0. The normalized spacial score (nSPS) is 15.2. The van der Waals surface area contributed by atoms with Crippen LogP contribution in [0.1, 0.15) is 23.6 Å². The number of methoxy groups -OCH3 is 3. The largest absolute Gasteiger partial charge is 0.506 e. The van der Waals surface area contributed by atoms with E-state index in [1.54, 1.807) is 33.5 Å². The molecule has 2 heterocycles. The van der Waals surface area contributed by atoms with Crippen molar-refractivity contribution in [1.82, 2.24) is 4.98 Å². The number of aromatic nitrogens is 1. The lowest BCUT2D eigenvalue weighted by molar-refractivity contribution is 0.354. The number of H-pyrrole nitrogens is 1. The number of para-hydroxylation sites is 1. The summed E-state index contributed by atoms with van der Waals surface area (Å²) in [5, 5.41) is 18.3. The van der Waals surface area contributed by atoms with Crippen LogP contribution >= 0.6 is 0 Å². The number of nitrogens with zero attached hydrogens (tertiary/aromatic N) is 2. The molecule has 0 radical (unpaired) electrons. The van der Waals surface area contributed by atoms with Gasteiger partial charge in [-0.05, 0) is 54.1 Å². The molecule has 1 aromatic heterocycles. The van der Waals surface area contributed by atoms with Crippen molar-refractivity contribution in [3.8, 4) is 23.0 Å². The molecule has 0 saturated carbocycles. The van der Waals surface area contributed by atoms with E-state index in [1.807, 2.05) is 59.6 Å². The Morgan fingerprint density at radius 3 is 2.40 bits per heavy atom. The second-order valence-corrected chi connectivity index (χ2v) is 8.15. The summed E-state index contributed by atoms with van der Waals surface area (Å²) in [5.74, 6) is 1.86. The van der Waals surface area contributed by atoms with E-state index in [0.29, 0.717) is 34.5 Å². The van der Waals surface area contributed by atoms with Gasteiger partial charge in [0.05, 0.1) is 44.3 Å². The number of hydrogen-bond donors (Lipinski definition) is 2. The first-order valence-corrected chi connectivity index (χ1v) is 11.1. The van der Waals surface area contributed by atoms with Crippen LogP contribution in [-0.4, -0.2) is 37.1 Å². The molecular formula is C27H25N3O5. The Bertz CT molecular complexity index is 1480. The molecule has 3 aromatic carbocycles. The molecule has 1 aliphatic rings. The van der Waals surface area contributed by atoms with Gasteiger partial charge >= 0.3 is 0 Å². The maximum Gasteiger partial charge on any atom is 0.261 e. The first kappa shape index (κ1) is 22.3. The van der Waals surface area contributed by atoms with Gasteiger partial charge in [-0.15, -0.1) is 0 Å². The van der Waals surface area contributed by atoms with Gasteiger partial charge in [-0.2, -0.15) is 5.10 Å². The van der Waals surface area contributed by atoms with Gasteiger partial charge in [-0.3, -0.25) is 9.80 Å². The number of aromatic hydroxyl groups is 1. The molecule has 0 amide bonds. The molecule has 8 heteroatoms. The number of anilines is 1. The number of ether oxygens (including phenoxy) is 3. The molecule has 0 fully saturated rings. The summed E-state index contributed by atoms with van der Waals surface area (Å²) < 4.78 is 16.2. The van der Waals surface area contributed by atoms with Gasteiger partial charge in [0.15, 0.2) is 11.5 Å². The second-order valence-electron chi connectivity index (χ2n) is 8.15. The number of rotatable bonds is 6. The van der Waals surface area contributed by atoms with Crippen LogP contribution in [-0.2, 0) is 0 Å². The van der Waals surface area contributed by atoms with Crippen LogP contribution < -0.4 is 24.8 Å². The zero-order valence-electron chi connectivity index (χ0n) is 19.6. The minimum Gasteiger partial charge on any atom is -0.506 e. The molecule has 0 bridgehead atoms. The number of hydrazone groups is 1. The Labute approximate surface area is 202 Å². The minimum atomic E-state index is -0.386. The first-order chi connectivity index (χ1) is 17.0. The van der Waals surface area contributed by atoms with Crippen LogP contribution in [0.3, 0.4) is 0 Å². The second kappa shape index (κ2) is 9.06. The van der Waals surface area contributed by atoms with Crippen LogP contribution in [0.5, 0.6) is 23.0 Å². The van der Waals surface area contributed by atoms with Crippen LogP contribution in [0, 0.1) is 0 Å². The topological polar surface area (TPSA) is 96.4 Å². The van der Waals surface area contributed by atoms with Crippen LogP contribution in [0.25, 0.3) is 10.9 Å². The molecule has 2 N–H and O–H groups in total. The first-order valence-electron chi connectivity index (χ1n) is 11.1. The average Bonchev–Trinajstić information content (AvgIpc) is 3.33. The van der Waals surface area contributed by atoms with E-state index >= 15 is 0 Å². The fourth-order valence-electron chi connectivity index (χ4n) is 4.45. The zero-order valence-corrected chi connectivity index (χ0v) is 19.6. The third kappa shape index (κ3) is 3.93. The molecule has 1 aliphatic heterocycles. The molecule has 5 rings (SSSR count). The number of benzene rings is 3. The molecule has 1 unspecified atom stereocenters. The fraction of sp³-hybridized carbons (Fsp3) is 0.185. The quantitative estimate of drug-likeness (QED) is 0.426. The van der Waals surface area contributed by atoms with E-state index in [1.165, 1.54) is 0 Å². The molecule has 35 heavy (non-hydrogen) atoms. The standard InChI is InChI=1S/C27H25N3O5/c1-33-18-11-9-17(10-12-18)30-22(16-8-13-23(34-2)24(14-16)35-3)15-21(29-30)25-26(31)19-6-4-5-7-20(19)28-27(25)32/h4-14,22H,15H2,1-3H3,(H2,28,31,32). The van der Waals surface area contributed by atoms with Crippen molar-refractivity contribution in [3.05, 3.63) is 88.2 Å². The Morgan fingerprint density at radius 2 is 1.69 bits per heavy atom. The molecule has 0 spiro atoms. The van der Waals surface area contributed by atoms with Crippen molar-refractivity contribution < 1.29 is 19.3 Å². The highest BCUT2D eigenvalue weighted by molar-refractivity contribution is 6.08. The lowest BCUT2D eigenvalue weighted by atomic mass is 9.97. The molecular weight excluding hydrogens is 446 g/mol. The predicted molar refractivity (Wildman–Crippen MR) is 135 cm³/mol. The number of pyridine rings is 1. The Hall–Kier alpha value is -4.46. The van der Waals surface area contributed by atoms with E-state index in [-0.39, 0.29) is 22.9 Å². The predicted octanol–water partition coefficient (Wildman–Crippen LogP) is 4.62. The molecule has 4 aromatic rings. The molecule has 8 nitrogen and oxygen atoms in total. The summed E-state index contributed by atoms with van der Waals surface area (Å²) in [6.45, 7) is 0. The van der Waals surface area contributed by atoms with Gasteiger partial charge in [0.1, 0.15) is 17.1 Å². The third-order valence-electron chi connectivity index (χ3n) is 6.22. The SMILES string of the molecule is COc1ccc(N2N=C(c3c(O)c4ccccc4[nH]c3=O)CC2c2ccc(OC)c(OC)c2)cc1. The minimum absolute atomic E-state index is 0.0780. The van der Waals surface area contributed by atoms with Crippen molar-refractivity contribution in [3.63, 3.8) is 0 Å². The van der Waals surface area contributed by atoms with Crippen LogP contribution in [0.4, 0.5) is 5.69 Å².